The summed E-state index contributed by atoms with van der Waals surface area (Å²) in [7, 11) is -10.9. The second-order valence-corrected chi connectivity index (χ2v) is 24.5. The number of anilines is 2. The number of allylic oxidation sites excluding steroid dienone is 1. The number of sulfone groups is 1. The molecule has 7 rings (SSSR count). The Morgan fingerprint density at radius 1 is 0.857 bits per heavy atom. The number of piperazine rings is 1. The number of hydrogen-bond donors (Lipinski definition) is 2. The Kier molecular flexibility index (Phi) is 17.8. The summed E-state index contributed by atoms with van der Waals surface area (Å²) in [6.07, 6.45) is 5.63. The van der Waals surface area contributed by atoms with E-state index in [1.54, 1.807) is 12.1 Å². The number of sulfonamides is 1. The van der Waals surface area contributed by atoms with Crippen molar-refractivity contribution < 1.29 is 34.8 Å². The molecular formula is C52H66ClF3N6O5S3. The molecule has 18 heteroatoms. The van der Waals surface area contributed by atoms with Crippen LogP contribution in [0.4, 0.5) is 24.5 Å². The number of carbonyl (C=O) groups excluding carboxylic acids is 1. The highest BCUT2D eigenvalue weighted by Crippen LogP contribution is 2.43. The minimum absolute atomic E-state index is 0.00463. The highest BCUT2D eigenvalue weighted by molar-refractivity contribution is 7.99. The van der Waals surface area contributed by atoms with Gasteiger partial charge in [0.15, 0.2) is 0 Å². The Bertz CT molecular complexity index is 2650. The van der Waals surface area contributed by atoms with Crippen molar-refractivity contribution in [2.45, 2.75) is 98.5 Å². The number of amides is 1. The SMILES string of the molecule is CCN(CC)C1CCN(CC[C@H](CSc2ccccc2)Nc2ccc(S(=O)(=O)NC(=O)c3ccc(N4CCN(CC5=C(c6ccc(Cl)cc6)CCC(C)(C)C5)CC4)cc3)cc2S(=O)(=O)C(F)(F)F)CC1. The van der Waals surface area contributed by atoms with E-state index in [2.05, 4.69) is 64.7 Å². The molecule has 2 heterocycles. The van der Waals surface area contributed by atoms with E-state index >= 15 is 0 Å². The average molecular weight is 1040 g/mol. The average Bonchev–Trinajstić information content (AvgIpc) is 3.33. The topological polar surface area (TPSA) is 122 Å². The third-order valence-electron chi connectivity index (χ3n) is 14.0. The Labute approximate surface area is 422 Å². The molecule has 2 fully saturated rings. The number of hydrogen-bond acceptors (Lipinski definition) is 11. The fourth-order valence-electron chi connectivity index (χ4n) is 9.91. The Morgan fingerprint density at radius 2 is 1.51 bits per heavy atom. The molecule has 3 aliphatic rings. The fraction of sp³-hybridized carbons (Fsp3) is 0.481. The van der Waals surface area contributed by atoms with Gasteiger partial charge in [-0.3, -0.25) is 9.69 Å². The van der Waals surface area contributed by atoms with Gasteiger partial charge in [-0.1, -0.05) is 75.2 Å². The predicted octanol–water partition coefficient (Wildman–Crippen LogP) is 10.3. The zero-order chi connectivity index (χ0) is 50.3. The molecule has 0 bridgehead atoms. The first-order valence-corrected chi connectivity index (χ1v) is 28.6. The fourth-order valence-corrected chi connectivity index (χ4v) is 13.1. The van der Waals surface area contributed by atoms with Gasteiger partial charge < -0.3 is 20.0 Å². The van der Waals surface area contributed by atoms with Crippen LogP contribution in [0.5, 0.6) is 0 Å². The first-order valence-electron chi connectivity index (χ1n) is 24.2. The van der Waals surface area contributed by atoms with Gasteiger partial charge in [0.25, 0.3) is 25.8 Å². The van der Waals surface area contributed by atoms with Gasteiger partial charge in [-0.05, 0) is 148 Å². The van der Waals surface area contributed by atoms with Gasteiger partial charge in [0.05, 0.1) is 10.6 Å². The van der Waals surface area contributed by atoms with Gasteiger partial charge in [0.1, 0.15) is 4.90 Å². The molecule has 380 valence electrons. The van der Waals surface area contributed by atoms with Crippen molar-refractivity contribution in [2.24, 2.45) is 5.41 Å². The molecule has 0 saturated carbocycles. The van der Waals surface area contributed by atoms with Gasteiger partial charge in [-0.15, -0.1) is 11.8 Å². The molecule has 4 aromatic carbocycles. The molecule has 0 spiro atoms. The second kappa shape index (κ2) is 23.2. The first kappa shape index (κ1) is 53.7. The molecule has 2 aliphatic heterocycles. The van der Waals surface area contributed by atoms with E-state index in [1.165, 1.54) is 40.6 Å². The van der Waals surface area contributed by atoms with E-state index in [9.17, 15) is 34.8 Å². The highest BCUT2D eigenvalue weighted by atomic mass is 35.5. The lowest BCUT2D eigenvalue weighted by atomic mass is 9.73. The van der Waals surface area contributed by atoms with Crippen LogP contribution in [0.25, 0.3) is 5.57 Å². The molecule has 2 saturated heterocycles. The van der Waals surface area contributed by atoms with Gasteiger partial charge >= 0.3 is 5.51 Å². The summed E-state index contributed by atoms with van der Waals surface area (Å²) >= 11 is 7.68. The second-order valence-electron chi connectivity index (χ2n) is 19.3. The zero-order valence-corrected chi connectivity index (χ0v) is 43.7. The van der Waals surface area contributed by atoms with Gasteiger partial charge in [-0.25, -0.2) is 21.6 Å². The largest absolute Gasteiger partial charge is 0.501 e. The van der Waals surface area contributed by atoms with Crippen molar-refractivity contribution in [3.05, 3.63) is 119 Å². The minimum atomic E-state index is -6.06. The van der Waals surface area contributed by atoms with Crippen molar-refractivity contribution in [3.63, 3.8) is 0 Å². The van der Waals surface area contributed by atoms with E-state index in [0.717, 1.165) is 114 Å². The lowest BCUT2D eigenvalue weighted by Crippen LogP contribution is -2.47. The van der Waals surface area contributed by atoms with E-state index in [1.807, 2.05) is 47.2 Å². The molecular weight excluding hydrogens is 977 g/mol. The number of piperidine rings is 1. The normalized spacial score (nSPS) is 18.3. The maximum Gasteiger partial charge on any atom is 0.501 e. The first-order chi connectivity index (χ1) is 33.2. The summed E-state index contributed by atoms with van der Waals surface area (Å²) in [6, 6.07) is 26.5. The maximum absolute atomic E-state index is 14.3. The number of thioether (sulfide) groups is 1. The summed E-state index contributed by atoms with van der Waals surface area (Å²) in [5.41, 5.74) is -0.974. The summed E-state index contributed by atoms with van der Waals surface area (Å²) in [5, 5.41) is 3.78. The lowest BCUT2D eigenvalue weighted by molar-refractivity contribution is -0.0435. The van der Waals surface area contributed by atoms with Crippen molar-refractivity contribution in [1.29, 1.82) is 0 Å². The summed E-state index contributed by atoms with van der Waals surface area (Å²) in [5.74, 6) is -0.627. The van der Waals surface area contributed by atoms with Crippen molar-refractivity contribution >= 4 is 66.1 Å². The summed E-state index contributed by atoms with van der Waals surface area (Å²) in [6.45, 7) is 17.2. The number of rotatable bonds is 19. The highest BCUT2D eigenvalue weighted by Gasteiger charge is 2.48. The molecule has 4 aromatic rings. The standard InChI is InChI=1S/C52H66ClF3N6O5S3/c1-5-61(6-2)44-24-28-59(29-25-44)27-23-42(37-68-45-10-8-7-9-11-45)57-48-21-20-46(34-49(48)69(64,65)52(54,55)56)70(66,67)58-50(63)39-14-18-43(19-15-39)62-32-30-60(31-33-62)36-40-35-51(3,4)26-22-47(40)38-12-16-41(53)17-13-38/h7-21,34,42,44,57H,5-6,22-33,35-37H2,1-4H3,(H,58,63)/t42-/m1/s1. The van der Waals surface area contributed by atoms with E-state index in [4.69, 9.17) is 11.6 Å². The number of nitrogens with one attached hydrogen (secondary N) is 2. The number of alkyl halides is 3. The minimum Gasteiger partial charge on any atom is -0.380 e. The van der Waals surface area contributed by atoms with Crippen LogP contribution in [0, 0.1) is 5.41 Å². The van der Waals surface area contributed by atoms with Crippen LogP contribution in [0.2, 0.25) is 5.02 Å². The molecule has 0 radical (unpaired) electrons. The van der Waals surface area contributed by atoms with E-state index in [0.29, 0.717) is 35.8 Å². The number of likely N-dealkylation sites (tertiary alicyclic amines) is 1. The van der Waals surface area contributed by atoms with Crippen LogP contribution < -0.4 is 14.9 Å². The van der Waals surface area contributed by atoms with Crippen LogP contribution in [0.3, 0.4) is 0 Å². The van der Waals surface area contributed by atoms with Crippen LogP contribution >= 0.6 is 23.4 Å². The Hall–Kier alpha value is -4.10. The summed E-state index contributed by atoms with van der Waals surface area (Å²) in [4.78, 5) is 21.8. The predicted molar refractivity (Wildman–Crippen MR) is 277 cm³/mol. The van der Waals surface area contributed by atoms with E-state index < -0.39 is 47.1 Å². The van der Waals surface area contributed by atoms with Crippen molar-refractivity contribution in [3.8, 4) is 0 Å². The monoisotopic (exact) mass is 1040 g/mol. The number of benzene rings is 4. The molecule has 70 heavy (non-hydrogen) atoms. The zero-order valence-electron chi connectivity index (χ0n) is 40.5. The molecule has 0 aromatic heterocycles. The third-order valence-corrected chi connectivity index (χ3v) is 18.2. The molecule has 0 unspecified atom stereocenters. The van der Waals surface area contributed by atoms with Crippen LogP contribution in [-0.4, -0.2) is 126 Å². The third kappa shape index (κ3) is 13.7. The van der Waals surface area contributed by atoms with Gasteiger partial charge in [-0.2, -0.15) is 13.2 Å². The van der Waals surface area contributed by atoms with E-state index in [-0.39, 0.29) is 16.7 Å². The van der Waals surface area contributed by atoms with Crippen LogP contribution in [-0.2, 0) is 19.9 Å². The smallest absolute Gasteiger partial charge is 0.380 e. The lowest BCUT2D eigenvalue weighted by Gasteiger charge is -2.39. The quantitative estimate of drug-likeness (QED) is 0.0873. The van der Waals surface area contributed by atoms with Gasteiger partial charge in [0, 0.05) is 78.3 Å². The van der Waals surface area contributed by atoms with Crippen molar-refractivity contribution in [2.75, 3.05) is 81.4 Å². The summed E-state index contributed by atoms with van der Waals surface area (Å²) < 4.78 is 98.7. The van der Waals surface area contributed by atoms with Crippen LogP contribution in [0.1, 0.15) is 82.1 Å². The molecule has 1 atom stereocenters. The molecule has 11 nitrogen and oxygen atoms in total. The van der Waals surface area contributed by atoms with Gasteiger partial charge in [0.2, 0.25) is 0 Å². The Balaban J connectivity index is 1.01. The maximum atomic E-state index is 14.3. The molecule has 1 amide bonds. The van der Waals surface area contributed by atoms with Crippen LogP contribution in [0.15, 0.2) is 117 Å². The molecule has 2 N–H and O–H groups in total. The Morgan fingerprint density at radius 3 is 2.14 bits per heavy atom. The number of carbonyl (C=O) groups is 1. The number of nitrogens with zero attached hydrogens (tertiary/aromatic N) is 4. The molecule has 1 aliphatic carbocycles. The van der Waals surface area contributed by atoms with Crippen molar-refractivity contribution in [1.82, 2.24) is 19.4 Å². The number of halogens is 4.